The van der Waals surface area contributed by atoms with E-state index in [1.165, 1.54) is 24.3 Å². The first-order valence-corrected chi connectivity index (χ1v) is 7.76. The van der Waals surface area contributed by atoms with Gasteiger partial charge in [-0.05, 0) is 41.1 Å². The van der Waals surface area contributed by atoms with Gasteiger partial charge in [0.1, 0.15) is 11.6 Å². The zero-order valence-corrected chi connectivity index (χ0v) is 13.8. The van der Waals surface area contributed by atoms with Crippen molar-refractivity contribution in [2.75, 3.05) is 0 Å². The predicted molar refractivity (Wildman–Crippen MR) is 96.7 cm³/mol. The van der Waals surface area contributed by atoms with Gasteiger partial charge in [0.15, 0.2) is 0 Å². The van der Waals surface area contributed by atoms with Crippen LogP contribution in [-0.4, -0.2) is 11.0 Å². The average Bonchev–Trinajstić information content (AvgIpc) is 2.61. The molecule has 0 saturated carbocycles. The molecule has 0 bridgehead atoms. The van der Waals surface area contributed by atoms with Crippen LogP contribution in [0.3, 0.4) is 0 Å². The molecular formula is C19H14ClFN2O2. The monoisotopic (exact) mass is 356 g/mol. The van der Waals surface area contributed by atoms with Crippen LogP contribution < -0.4 is 10.9 Å². The molecule has 0 atom stereocenters. The van der Waals surface area contributed by atoms with Crippen LogP contribution in [0.25, 0.3) is 16.5 Å². The first-order valence-electron chi connectivity index (χ1n) is 7.38. The fraction of sp³-hybridized carbons (Fsp3) is 0. The lowest BCUT2D eigenvalue weighted by atomic mass is 10.1. The van der Waals surface area contributed by atoms with Crippen LogP contribution in [-0.2, 0) is 0 Å². The summed E-state index contributed by atoms with van der Waals surface area (Å²) >= 11 is 5.73. The van der Waals surface area contributed by atoms with Gasteiger partial charge in [-0.3, -0.25) is 15.6 Å². The third-order valence-electron chi connectivity index (χ3n) is 3.70. The van der Waals surface area contributed by atoms with E-state index in [9.17, 15) is 14.3 Å². The number of phenols is 1. The molecule has 0 saturated heterocycles. The topological polar surface area (TPSA) is 61.4 Å². The van der Waals surface area contributed by atoms with Gasteiger partial charge in [-0.15, -0.1) is 0 Å². The van der Waals surface area contributed by atoms with Crippen LogP contribution in [0.1, 0.15) is 15.9 Å². The van der Waals surface area contributed by atoms with Crippen molar-refractivity contribution >= 4 is 34.0 Å². The zero-order chi connectivity index (χ0) is 18.0. The molecule has 3 aromatic rings. The summed E-state index contributed by atoms with van der Waals surface area (Å²) in [6, 6.07) is 14.6. The molecule has 3 rings (SSSR count). The van der Waals surface area contributed by atoms with Gasteiger partial charge in [-0.1, -0.05) is 42.4 Å². The molecule has 3 aromatic carbocycles. The van der Waals surface area contributed by atoms with E-state index in [1.807, 2.05) is 24.3 Å². The summed E-state index contributed by atoms with van der Waals surface area (Å²) in [6.07, 6.45) is 0. The lowest BCUT2D eigenvalue weighted by Gasteiger charge is -2.13. The quantitative estimate of drug-likeness (QED) is 0.613. The van der Waals surface area contributed by atoms with Crippen molar-refractivity contribution < 1.29 is 14.3 Å². The number of benzene rings is 3. The molecule has 25 heavy (non-hydrogen) atoms. The lowest BCUT2D eigenvalue weighted by molar-refractivity contribution is 0.0940. The molecule has 6 heteroatoms. The van der Waals surface area contributed by atoms with E-state index in [1.54, 1.807) is 6.07 Å². The van der Waals surface area contributed by atoms with Crippen LogP contribution in [0, 0.1) is 5.82 Å². The van der Waals surface area contributed by atoms with E-state index in [0.717, 1.165) is 10.8 Å². The number of amides is 1. The van der Waals surface area contributed by atoms with E-state index < -0.39 is 11.7 Å². The number of carbonyl (C=O) groups is 1. The van der Waals surface area contributed by atoms with Crippen molar-refractivity contribution in [3.8, 4) is 5.75 Å². The number of hydrogen-bond acceptors (Lipinski definition) is 3. The molecule has 0 spiro atoms. The number of hydrogen-bond donors (Lipinski definition) is 3. The molecule has 0 aliphatic carbocycles. The maximum Gasteiger partial charge on any atom is 0.273 e. The number of carbonyl (C=O) groups excluding carboxylic acids is 1. The SMILES string of the molecule is C=C(NNC(=O)c1cc2ccccc2cc1O)c1ccc(F)c(Cl)c1. The summed E-state index contributed by atoms with van der Waals surface area (Å²) < 4.78 is 13.2. The standard InChI is InChI=1S/C19H14ClFN2O2/c1-11(12-6-7-17(21)16(20)9-12)22-23-19(25)15-8-13-4-2-3-5-14(13)10-18(15)24/h2-10,22,24H,1H2,(H,23,25). The third kappa shape index (κ3) is 3.56. The Labute approximate surface area is 148 Å². The Morgan fingerprint density at radius 3 is 2.40 bits per heavy atom. The van der Waals surface area contributed by atoms with Crippen molar-refractivity contribution in [2.45, 2.75) is 0 Å². The van der Waals surface area contributed by atoms with Gasteiger partial charge in [-0.25, -0.2) is 4.39 Å². The Kier molecular flexibility index (Phi) is 4.59. The van der Waals surface area contributed by atoms with Gasteiger partial charge in [-0.2, -0.15) is 0 Å². The molecule has 126 valence electrons. The lowest BCUT2D eigenvalue weighted by Crippen LogP contribution is -2.35. The second-order valence-corrected chi connectivity index (χ2v) is 5.81. The van der Waals surface area contributed by atoms with Crippen molar-refractivity contribution in [3.63, 3.8) is 0 Å². The summed E-state index contributed by atoms with van der Waals surface area (Å²) in [4.78, 5) is 12.3. The number of rotatable bonds is 4. The number of aromatic hydroxyl groups is 1. The molecular weight excluding hydrogens is 343 g/mol. The number of nitrogens with one attached hydrogen (secondary N) is 2. The minimum absolute atomic E-state index is 0.0426. The van der Waals surface area contributed by atoms with Crippen LogP contribution in [0.15, 0.2) is 61.2 Å². The average molecular weight is 357 g/mol. The summed E-state index contributed by atoms with van der Waals surface area (Å²) in [5.74, 6) is -1.20. The largest absolute Gasteiger partial charge is 0.507 e. The van der Waals surface area contributed by atoms with Gasteiger partial charge >= 0.3 is 0 Å². The predicted octanol–water partition coefficient (Wildman–Crippen LogP) is 4.24. The second-order valence-electron chi connectivity index (χ2n) is 5.40. The van der Waals surface area contributed by atoms with E-state index in [2.05, 4.69) is 17.4 Å². The molecule has 0 unspecified atom stereocenters. The van der Waals surface area contributed by atoms with Crippen molar-refractivity contribution in [3.05, 3.63) is 83.1 Å². The van der Waals surface area contributed by atoms with E-state index in [0.29, 0.717) is 11.3 Å². The Morgan fingerprint density at radius 1 is 1.04 bits per heavy atom. The molecule has 0 aliphatic rings. The van der Waals surface area contributed by atoms with Crippen LogP contribution in [0.5, 0.6) is 5.75 Å². The number of phenolic OH excluding ortho intramolecular Hbond substituents is 1. The molecule has 0 heterocycles. The Bertz CT molecular complexity index is 988. The Balaban J connectivity index is 1.75. The second kappa shape index (κ2) is 6.83. The maximum atomic E-state index is 13.2. The summed E-state index contributed by atoms with van der Waals surface area (Å²) in [5.41, 5.74) is 6.06. The first kappa shape index (κ1) is 16.8. The molecule has 0 radical (unpaired) electrons. The summed E-state index contributed by atoms with van der Waals surface area (Å²) in [5, 5.41) is 11.7. The molecule has 1 amide bonds. The molecule has 0 aliphatic heterocycles. The van der Waals surface area contributed by atoms with Gasteiger partial charge in [0.2, 0.25) is 0 Å². The van der Waals surface area contributed by atoms with Gasteiger partial charge in [0, 0.05) is 5.56 Å². The highest BCUT2D eigenvalue weighted by molar-refractivity contribution is 6.30. The molecule has 3 N–H and O–H groups in total. The highest BCUT2D eigenvalue weighted by atomic mass is 35.5. The molecule has 0 fully saturated rings. The third-order valence-corrected chi connectivity index (χ3v) is 3.99. The van der Waals surface area contributed by atoms with Crippen LogP contribution in [0.4, 0.5) is 4.39 Å². The number of fused-ring (bicyclic) bond motifs is 1. The first-order chi connectivity index (χ1) is 12.0. The summed E-state index contributed by atoms with van der Waals surface area (Å²) in [6.45, 7) is 3.76. The highest BCUT2D eigenvalue weighted by Crippen LogP contribution is 2.25. The number of halogens is 2. The smallest absolute Gasteiger partial charge is 0.273 e. The van der Waals surface area contributed by atoms with Crippen molar-refractivity contribution in [1.29, 1.82) is 0 Å². The normalized spacial score (nSPS) is 10.5. The Hall–Kier alpha value is -3.05. The van der Waals surface area contributed by atoms with Crippen molar-refractivity contribution in [1.82, 2.24) is 10.9 Å². The fourth-order valence-electron chi connectivity index (χ4n) is 2.37. The Morgan fingerprint density at radius 2 is 1.72 bits per heavy atom. The van der Waals surface area contributed by atoms with Crippen LogP contribution >= 0.6 is 11.6 Å². The molecule has 4 nitrogen and oxygen atoms in total. The van der Waals surface area contributed by atoms with Gasteiger partial charge in [0.05, 0.1) is 16.3 Å². The summed E-state index contributed by atoms with van der Waals surface area (Å²) in [7, 11) is 0. The minimum Gasteiger partial charge on any atom is -0.507 e. The van der Waals surface area contributed by atoms with Gasteiger partial charge < -0.3 is 5.11 Å². The van der Waals surface area contributed by atoms with Gasteiger partial charge in [0.25, 0.3) is 5.91 Å². The van der Waals surface area contributed by atoms with E-state index in [4.69, 9.17) is 11.6 Å². The van der Waals surface area contributed by atoms with E-state index >= 15 is 0 Å². The maximum absolute atomic E-state index is 13.2. The molecule has 0 aromatic heterocycles. The van der Waals surface area contributed by atoms with Crippen molar-refractivity contribution in [2.24, 2.45) is 0 Å². The minimum atomic E-state index is -0.539. The van der Waals surface area contributed by atoms with Crippen LogP contribution in [0.2, 0.25) is 5.02 Å². The number of hydrazine groups is 1. The van der Waals surface area contributed by atoms with E-state index in [-0.39, 0.29) is 16.3 Å². The fourth-order valence-corrected chi connectivity index (χ4v) is 2.55. The zero-order valence-electron chi connectivity index (χ0n) is 13.0. The highest BCUT2D eigenvalue weighted by Gasteiger charge is 2.13.